The van der Waals surface area contributed by atoms with E-state index in [1.807, 2.05) is 32.2 Å². The van der Waals surface area contributed by atoms with E-state index in [-0.39, 0.29) is 54.5 Å². The Morgan fingerprint density at radius 2 is 2.04 bits per heavy atom. The monoisotopic (exact) mass is 779 g/mol. The van der Waals surface area contributed by atoms with Crippen LogP contribution >= 0.6 is 0 Å². The lowest BCUT2D eigenvalue weighted by atomic mass is 9.70. The van der Waals surface area contributed by atoms with Gasteiger partial charge < -0.3 is 41.8 Å². The predicted octanol–water partition coefficient (Wildman–Crippen LogP) is 4.51. The number of hydrogen-bond acceptors (Lipinski definition) is 10. The molecule has 1 aromatic carbocycles. The summed E-state index contributed by atoms with van der Waals surface area (Å²) >= 11 is 0. The van der Waals surface area contributed by atoms with Crippen molar-refractivity contribution < 1.29 is 23.9 Å². The SMILES string of the molecule is CCN[C@@H]1C=C2C=CCC[C@H]2C[C@H]1COC(=O)[C@]12O[C@@]1(C/C=C(\C)C[C@@H](NC(N)=NC)C1=CCNC3=C1CC[C@H](NC)N3)C(=O)c1cccc(CC(C)C)c1C2=O. The number of nitrogens with one attached hydrogen (secondary N) is 5. The minimum Gasteiger partial charge on any atom is -0.463 e. The van der Waals surface area contributed by atoms with E-state index in [2.05, 4.69) is 76.7 Å². The number of ketones is 2. The number of nitrogens with two attached hydrogens (primary N) is 1. The maximum atomic E-state index is 14.8. The van der Waals surface area contributed by atoms with E-state index in [9.17, 15) is 14.4 Å². The average Bonchev–Trinajstić information content (AvgIpc) is 3.92. The number of aliphatic imine (C=N–C) groups is 1. The molecule has 3 aliphatic carbocycles. The molecule has 12 nitrogen and oxygen atoms in total. The van der Waals surface area contributed by atoms with Crippen LogP contribution in [0.5, 0.6) is 0 Å². The van der Waals surface area contributed by atoms with Crippen molar-refractivity contribution in [3.8, 4) is 0 Å². The molecule has 0 saturated carbocycles. The second-order valence-corrected chi connectivity index (χ2v) is 16.9. The van der Waals surface area contributed by atoms with Gasteiger partial charge in [-0.25, -0.2) is 4.79 Å². The van der Waals surface area contributed by atoms with Crippen LogP contribution in [-0.4, -0.2) is 86.7 Å². The van der Waals surface area contributed by atoms with E-state index >= 15 is 0 Å². The minimum atomic E-state index is -2.05. The number of epoxide rings is 1. The van der Waals surface area contributed by atoms with Crippen LogP contribution in [-0.2, 0) is 20.7 Å². The van der Waals surface area contributed by atoms with Gasteiger partial charge in [-0.1, -0.05) is 74.9 Å². The van der Waals surface area contributed by atoms with E-state index in [4.69, 9.17) is 15.2 Å². The van der Waals surface area contributed by atoms with Gasteiger partial charge >= 0.3 is 5.97 Å². The van der Waals surface area contributed by atoms with Gasteiger partial charge in [-0.15, -0.1) is 0 Å². The van der Waals surface area contributed by atoms with Crippen LogP contribution in [0.2, 0.25) is 0 Å². The Morgan fingerprint density at radius 3 is 2.79 bits per heavy atom. The maximum Gasteiger partial charge on any atom is 0.350 e. The second-order valence-electron chi connectivity index (χ2n) is 16.9. The summed E-state index contributed by atoms with van der Waals surface area (Å²) < 4.78 is 12.5. The van der Waals surface area contributed by atoms with E-state index in [0.29, 0.717) is 36.8 Å². The molecule has 3 aliphatic heterocycles. The molecule has 0 bridgehead atoms. The van der Waals surface area contributed by atoms with Gasteiger partial charge in [-0.2, -0.15) is 0 Å². The number of carbonyl (C=O) groups is 3. The number of dihydropyridines is 1. The first-order valence-electron chi connectivity index (χ1n) is 20.9. The fourth-order valence-corrected chi connectivity index (χ4v) is 9.70. The smallest absolute Gasteiger partial charge is 0.350 e. The summed E-state index contributed by atoms with van der Waals surface area (Å²) in [5.74, 6) is 0.365. The number of Topliss-reactive ketones (excluding diaryl/α,β-unsaturated/α-hetero) is 2. The van der Waals surface area contributed by atoms with Gasteiger partial charge in [0.1, 0.15) is 5.82 Å². The van der Waals surface area contributed by atoms with Gasteiger partial charge in [0.05, 0.1) is 18.8 Å². The average molecular weight is 780 g/mol. The van der Waals surface area contributed by atoms with Crippen LogP contribution in [0.3, 0.4) is 0 Å². The Balaban J connectivity index is 1.18. The van der Waals surface area contributed by atoms with Gasteiger partial charge in [0.25, 0.3) is 5.60 Å². The molecule has 0 amide bonds. The Morgan fingerprint density at radius 1 is 1.21 bits per heavy atom. The number of fused-ring (bicyclic) bond motifs is 3. The third kappa shape index (κ3) is 7.64. The Bertz CT molecular complexity index is 1960. The highest BCUT2D eigenvalue weighted by molar-refractivity contribution is 6.33. The zero-order valence-corrected chi connectivity index (χ0v) is 34.4. The molecule has 306 valence electrons. The Kier molecular flexibility index (Phi) is 12.0. The quantitative estimate of drug-likeness (QED) is 0.0393. The summed E-state index contributed by atoms with van der Waals surface area (Å²) in [6.07, 6.45) is 16.9. The number of benzene rings is 1. The number of hydrogen-bond donors (Lipinski definition) is 6. The molecular weight excluding hydrogens is 719 g/mol. The predicted molar refractivity (Wildman–Crippen MR) is 222 cm³/mol. The standard InChI is InChI=1S/C45H61N7O5/c1-7-49-35-24-29-12-9-8-11-28(29)23-31(35)25-56-42(55)45-40(54)38-30(21-26(2)3)13-10-14-34(38)39(53)44(45,57-45)19-17-27(4)22-36(51-43(46)48-6)32-18-20-50-41-33(32)15-16-37(47-5)52-41/h9-10,12-14,17-18,24,26,28,31,35-37,47,49-50,52H,7-8,11,15-16,19-23,25H2,1-6H3,(H3,46,48,51)/b27-17+/t28-,31-,35+,36+,37+,44-,45-/m0/s1. The molecule has 57 heavy (non-hydrogen) atoms. The number of esters is 1. The second kappa shape index (κ2) is 16.8. The molecule has 7 atom stereocenters. The van der Waals surface area contributed by atoms with E-state index < -0.39 is 23.0 Å². The zero-order valence-electron chi connectivity index (χ0n) is 34.4. The van der Waals surface area contributed by atoms with Crippen LogP contribution in [0, 0.1) is 17.8 Å². The van der Waals surface area contributed by atoms with Crippen molar-refractivity contribution in [1.82, 2.24) is 26.6 Å². The van der Waals surface area contributed by atoms with Crippen LogP contribution in [0.4, 0.5) is 0 Å². The number of guanidine groups is 1. The van der Waals surface area contributed by atoms with Gasteiger partial charge in [-0.05, 0) is 99.6 Å². The van der Waals surface area contributed by atoms with Crippen LogP contribution in [0.25, 0.3) is 0 Å². The van der Waals surface area contributed by atoms with Crippen LogP contribution in [0.1, 0.15) is 98.9 Å². The third-order valence-electron chi connectivity index (χ3n) is 12.7. The molecule has 7 rings (SSSR count). The molecule has 12 heteroatoms. The normalized spacial score (nSPS) is 29.9. The summed E-state index contributed by atoms with van der Waals surface area (Å²) in [7, 11) is 3.60. The highest BCUT2D eigenvalue weighted by Gasteiger charge is 2.85. The van der Waals surface area contributed by atoms with Crippen LogP contribution < -0.4 is 32.3 Å². The van der Waals surface area contributed by atoms with Gasteiger partial charge in [0.2, 0.25) is 5.78 Å². The highest BCUT2D eigenvalue weighted by atomic mass is 16.7. The van der Waals surface area contributed by atoms with Crippen molar-refractivity contribution in [2.45, 2.75) is 109 Å². The van der Waals surface area contributed by atoms with Crippen LogP contribution in [0.15, 0.2) is 81.7 Å². The first kappa shape index (κ1) is 40.7. The maximum absolute atomic E-state index is 14.8. The number of likely N-dealkylation sites (N-methyl/N-ethyl adjacent to an activating group) is 1. The van der Waals surface area contributed by atoms with Crippen molar-refractivity contribution >= 4 is 23.5 Å². The van der Waals surface area contributed by atoms with Crippen molar-refractivity contribution in [3.63, 3.8) is 0 Å². The molecule has 0 radical (unpaired) electrons. The fourth-order valence-electron chi connectivity index (χ4n) is 9.70. The number of rotatable bonds is 14. The number of allylic oxidation sites excluding steroid dienone is 3. The highest BCUT2D eigenvalue weighted by Crippen LogP contribution is 2.59. The number of ether oxygens (including phenoxy) is 2. The van der Waals surface area contributed by atoms with E-state index in [0.717, 1.165) is 61.2 Å². The van der Waals surface area contributed by atoms with E-state index in [1.54, 1.807) is 13.1 Å². The molecule has 1 saturated heterocycles. The summed E-state index contributed by atoms with van der Waals surface area (Å²) in [5, 5.41) is 17.3. The lowest BCUT2D eigenvalue weighted by molar-refractivity contribution is -0.150. The number of nitrogens with zero attached hydrogens (tertiary/aromatic N) is 1. The van der Waals surface area contributed by atoms with Gasteiger partial charge in [0.15, 0.2) is 17.3 Å². The minimum absolute atomic E-state index is 0.0194. The molecule has 1 fully saturated rings. The molecule has 0 aromatic heterocycles. The summed E-state index contributed by atoms with van der Waals surface area (Å²) in [6, 6.07) is 5.20. The molecule has 6 aliphatic rings. The Labute approximate surface area is 337 Å². The topological polar surface area (TPSA) is 171 Å². The fraction of sp³-hybridized carbons (Fsp3) is 0.556. The van der Waals surface area contributed by atoms with Gasteiger partial charge in [-0.3, -0.25) is 14.6 Å². The molecule has 1 aromatic rings. The number of carbonyl (C=O) groups excluding carboxylic acids is 3. The molecular formula is C45H61N7O5. The summed E-state index contributed by atoms with van der Waals surface area (Å²) in [4.78, 5) is 48.3. The van der Waals surface area contributed by atoms with Crippen molar-refractivity contribution in [3.05, 3.63) is 93.4 Å². The molecule has 0 spiro atoms. The lowest BCUT2D eigenvalue weighted by Crippen LogP contribution is -2.51. The van der Waals surface area contributed by atoms with Crippen molar-refractivity contribution in [2.75, 3.05) is 33.8 Å². The lowest BCUT2D eigenvalue weighted by Gasteiger charge is -2.36. The largest absolute Gasteiger partial charge is 0.463 e. The summed E-state index contributed by atoms with van der Waals surface area (Å²) in [5.41, 5.74) is 8.45. The third-order valence-corrected chi connectivity index (χ3v) is 12.7. The van der Waals surface area contributed by atoms with Gasteiger partial charge in [0, 0.05) is 43.1 Å². The van der Waals surface area contributed by atoms with Crippen molar-refractivity contribution in [2.24, 2.45) is 28.5 Å². The Hall–Kier alpha value is -4.52. The van der Waals surface area contributed by atoms with Crippen molar-refractivity contribution in [1.29, 1.82) is 0 Å². The molecule has 3 heterocycles. The molecule has 0 unspecified atom stereocenters. The molecule has 7 N–H and O–H groups in total. The first-order chi connectivity index (χ1) is 27.5. The van der Waals surface area contributed by atoms with E-state index in [1.165, 1.54) is 11.1 Å². The zero-order chi connectivity index (χ0) is 40.5. The first-order valence-corrected chi connectivity index (χ1v) is 20.9. The summed E-state index contributed by atoms with van der Waals surface area (Å²) in [6.45, 7) is 9.75.